The Hall–Kier alpha value is -1.47. The Morgan fingerprint density at radius 3 is 1.70 bits per heavy atom. The van der Waals surface area contributed by atoms with Crippen LogP contribution in [-0.2, 0) is 28.2 Å². The molecule has 0 aromatic rings. The highest BCUT2D eigenvalue weighted by atomic mass is 31.2. The van der Waals surface area contributed by atoms with Gasteiger partial charge in [-0.3, -0.25) is 14.1 Å². The van der Waals surface area contributed by atoms with Gasteiger partial charge < -0.3 is 19.3 Å². The van der Waals surface area contributed by atoms with Crippen molar-refractivity contribution in [2.45, 2.75) is 148 Å². The van der Waals surface area contributed by atoms with E-state index in [4.69, 9.17) is 19.3 Å². The normalized spacial score (nSPS) is 12.8. The highest BCUT2D eigenvalue weighted by molar-refractivity contribution is 7.46. The molecule has 234 valence electrons. The molecule has 0 aliphatic carbocycles. The molecule has 0 radical (unpaired) electrons. The van der Waals surface area contributed by atoms with Gasteiger partial charge in [0.1, 0.15) is 6.61 Å². The predicted octanol–water partition coefficient (Wildman–Crippen LogP) is 8.50. The van der Waals surface area contributed by atoms with E-state index >= 15 is 0 Å². The quantitative estimate of drug-likeness (QED) is 0.0404. The van der Waals surface area contributed by atoms with Crippen molar-refractivity contribution in [3.8, 4) is 0 Å². The number of esters is 2. The van der Waals surface area contributed by atoms with Crippen molar-refractivity contribution in [3.63, 3.8) is 0 Å². The first-order chi connectivity index (χ1) is 19.3. The maximum Gasteiger partial charge on any atom is 0.469 e. The van der Waals surface area contributed by atoms with Crippen LogP contribution in [0.2, 0.25) is 0 Å². The molecule has 40 heavy (non-hydrogen) atoms. The zero-order chi connectivity index (χ0) is 29.7. The molecule has 0 amide bonds. The first-order valence-corrected chi connectivity index (χ1v) is 17.2. The summed E-state index contributed by atoms with van der Waals surface area (Å²) in [7, 11) is -4.74. The second kappa shape index (κ2) is 27.7. The van der Waals surface area contributed by atoms with Crippen LogP contribution >= 0.6 is 7.82 Å². The van der Waals surface area contributed by atoms with Crippen molar-refractivity contribution in [2.75, 3.05) is 13.2 Å². The van der Waals surface area contributed by atoms with Gasteiger partial charge in [0.15, 0.2) is 6.10 Å². The molecule has 0 aliphatic heterocycles. The average Bonchev–Trinajstić information content (AvgIpc) is 2.91. The summed E-state index contributed by atoms with van der Waals surface area (Å²) >= 11 is 0. The molecule has 8 nitrogen and oxygen atoms in total. The second-order valence-corrected chi connectivity index (χ2v) is 11.7. The number of hydrogen-bond acceptors (Lipinski definition) is 6. The molecule has 0 aromatic carbocycles. The van der Waals surface area contributed by atoms with Crippen molar-refractivity contribution in [1.82, 2.24) is 0 Å². The fraction of sp³-hybridized carbons (Fsp3) is 0.806. The maximum absolute atomic E-state index is 12.2. The second-order valence-electron chi connectivity index (χ2n) is 10.4. The van der Waals surface area contributed by atoms with E-state index in [1.54, 1.807) is 0 Å². The largest absolute Gasteiger partial charge is 0.469 e. The van der Waals surface area contributed by atoms with E-state index in [0.717, 1.165) is 57.8 Å². The summed E-state index contributed by atoms with van der Waals surface area (Å²) < 4.78 is 26.0. The lowest BCUT2D eigenvalue weighted by atomic mass is 10.1. The number of allylic oxidation sites excluding steroid dienone is 4. The number of carbonyl (C=O) groups is 2. The third-order valence-corrected chi connectivity index (χ3v) is 6.96. The van der Waals surface area contributed by atoms with Gasteiger partial charge in [0.25, 0.3) is 0 Å². The monoisotopic (exact) mass is 588 g/mol. The van der Waals surface area contributed by atoms with Gasteiger partial charge in [-0.25, -0.2) is 4.57 Å². The van der Waals surface area contributed by atoms with Gasteiger partial charge in [0, 0.05) is 12.8 Å². The molecule has 9 heteroatoms. The van der Waals surface area contributed by atoms with E-state index in [1.807, 2.05) is 0 Å². The molecule has 0 saturated carbocycles. The zero-order valence-corrected chi connectivity index (χ0v) is 26.1. The van der Waals surface area contributed by atoms with Crippen LogP contribution in [0.1, 0.15) is 142 Å². The highest BCUT2D eigenvalue weighted by Crippen LogP contribution is 2.35. The Bertz CT molecular complexity index is 716. The van der Waals surface area contributed by atoms with Gasteiger partial charge in [-0.05, 0) is 44.9 Å². The topological polar surface area (TPSA) is 119 Å². The van der Waals surface area contributed by atoms with Crippen molar-refractivity contribution < 1.29 is 37.9 Å². The van der Waals surface area contributed by atoms with E-state index in [9.17, 15) is 14.2 Å². The molecule has 0 aliphatic rings. The molecule has 0 bridgehead atoms. The zero-order valence-electron chi connectivity index (χ0n) is 25.2. The van der Waals surface area contributed by atoms with Crippen LogP contribution in [-0.4, -0.2) is 41.0 Å². The Morgan fingerprint density at radius 1 is 0.650 bits per heavy atom. The van der Waals surface area contributed by atoms with Crippen LogP contribution < -0.4 is 0 Å². The molecular formula is C31H57O8P. The standard InChI is InChI=1S/C31H57O8P/c1-3-5-7-9-11-12-13-14-15-16-17-18-20-21-23-25-30(32)37-27-29(28-38-40(34,35)36)39-31(33)26-24-22-19-10-8-6-4-2/h11-12,14-15,29H,3-10,13,16-28H2,1-2H3,(H2,34,35,36)/b12-11+,15-14+/t29-/m1/s1. The smallest absolute Gasteiger partial charge is 0.462 e. The van der Waals surface area contributed by atoms with Gasteiger partial charge >= 0.3 is 19.8 Å². The summed E-state index contributed by atoms with van der Waals surface area (Å²) in [4.78, 5) is 42.2. The van der Waals surface area contributed by atoms with Crippen molar-refractivity contribution in [1.29, 1.82) is 0 Å². The van der Waals surface area contributed by atoms with Crippen LogP contribution in [0.5, 0.6) is 0 Å². The summed E-state index contributed by atoms with van der Waals surface area (Å²) in [6, 6.07) is 0. The number of phosphoric ester groups is 1. The number of hydrogen-bond donors (Lipinski definition) is 2. The third kappa shape index (κ3) is 29.5. The van der Waals surface area contributed by atoms with E-state index < -0.39 is 32.5 Å². The lowest BCUT2D eigenvalue weighted by Crippen LogP contribution is -2.29. The molecule has 0 rings (SSSR count). The van der Waals surface area contributed by atoms with Gasteiger partial charge in [-0.1, -0.05) is 109 Å². The van der Waals surface area contributed by atoms with Crippen molar-refractivity contribution >= 4 is 19.8 Å². The SMILES string of the molecule is CCCCC/C=C/C/C=C/CCCCCCCC(=O)OC[C@H](COP(=O)(O)O)OC(=O)CCCCCCCCC. The van der Waals surface area contributed by atoms with Crippen LogP contribution in [0.3, 0.4) is 0 Å². The van der Waals surface area contributed by atoms with Gasteiger partial charge in [0.2, 0.25) is 0 Å². The van der Waals surface area contributed by atoms with E-state index in [0.29, 0.717) is 12.8 Å². The summed E-state index contributed by atoms with van der Waals surface area (Å²) in [6.45, 7) is 3.55. The molecule has 0 spiro atoms. The van der Waals surface area contributed by atoms with Crippen molar-refractivity contribution in [3.05, 3.63) is 24.3 Å². The summed E-state index contributed by atoms with van der Waals surface area (Å²) in [5.41, 5.74) is 0. The average molecular weight is 589 g/mol. The minimum Gasteiger partial charge on any atom is -0.462 e. The summed E-state index contributed by atoms with van der Waals surface area (Å²) in [5, 5.41) is 0. The third-order valence-electron chi connectivity index (χ3n) is 6.47. The molecule has 2 N–H and O–H groups in total. The van der Waals surface area contributed by atoms with Crippen LogP contribution in [0, 0.1) is 0 Å². The Morgan fingerprint density at radius 2 is 1.12 bits per heavy atom. The molecule has 0 aromatic heterocycles. The fourth-order valence-electron chi connectivity index (χ4n) is 4.11. The molecule has 0 saturated heterocycles. The number of carbonyl (C=O) groups excluding carboxylic acids is 2. The summed E-state index contributed by atoms with van der Waals surface area (Å²) in [5.74, 6) is -0.910. The van der Waals surface area contributed by atoms with Gasteiger partial charge in [0.05, 0.1) is 6.61 Å². The molecular weight excluding hydrogens is 531 g/mol. The van der Waals surface area contributed by atoms with Crippen LogP contribution in [0.15, 0.2) is 24.3 Å². The molecule has 0 unspecified atom stereocenters. The van der Waals surface area contributed by atoms with Crippen molar-refractivity contribution in [2.24, 2.45) is 0 Å². The minimum atomic E-state index is -4.74. The van der Waals surface area contributed by atoms with Crippen LogP contribution in [0.25, 0.3) is 0 Å². The van der Waals surface area contributed by atoms with E-state index in [2.05, 4.69) is 42.7 Å². The first-order valence-electron chi connectivity index (χ1n) is 15.6. The first kappa shape index (κ1) is 38.5. The molecule has 0 heterocycles. The number of unbranched alkanes of at least 4 members (excludes halogenated alkanes) is 14. The van der Waals surface area contributed by atoms with Crippen LogP contribution in [0.4, 0.5) is 0 Å². The minimum absolute atomic E-state index is 0.208. The Labute approximate surface area is 243 Å². The number of ether oxygens (including phenoxy) is 2. The van der Waals surface area contributed by atoms with E-state index in [1.165, 1.54) is 44.9 Å². The summed E-state index contributed by atoms with van der Waals surface area (Å²) in [6.07, 6.45) is 27.8. The number of rotatable bonds is 28. The van der Waals surface area contributed by atoms with Gasteiger partial charge in [-0.2, -0.15) is 0 Å². The van der Waals surface area contributed by atoms with E-state index in [-0.39, 0.29) is 19.4 Å². The fourth-order valence-corrected chi connectivity index (χ4v) is 4.47. The lowest BCUT2D eigenvalue weighted by molar-refractivity contribution is -0.161. The predicted molar refractivity (Wildman–Crippen MR) is 161 cm³/mol. The Balaban J connectivity index is 4.02. The Kier molecular flexibility index (Phi) is 26.7. The highest BCUT2D eigenvalue weighted by Gasteiger charge is 2.22. The molecule has 1 atom stereocenters. The lowest BCUT2D eigenvalue weighted by Gasteiger charge is -2.18. The van der Waals surface area contributed by atoms with Gasteiger partial charge in [-0.15, -0.1) is 0 Å². The molecule has 0 fully saturated rings. The number of phosphoric acid groups is 1. The maximum atomic E-state index is 12.2.